The Kier molecular flexibility index (Phi) is 4.60. The Morgan fingerprint density at radius 1 is 1.45 bits per heavy atom. The monoisotopic (exact) mass is 296 g/mol. The van der Waals surface area contributed by atoms with Crippen LogP contribution in [0.3, 0.4) is 0 Å². The minimum absolute atomic E-state index is 0.0799. The van der Waals surface area contributed by atoms with Crippen molar-refractivity contribution in [3.63, 3.8) is 0 Å². The van der Waals surface area contributed by atoms with Crippen LogP contribution in [-0.2, 0) is 0 Å². The molecule has 20 heavy (non-hydrogen) atoms. The summed E-state index contributed by atoms with van der Waals surface area (Å²) in [5.41, 5.74) is -0.105. The summed E-state index contributed by atoms with van der Waals surface area (Å²) in [6.45, 7) is 2.44. The van der Waals surface area contributed by atoms with Gasteiger partial charge in [-0.1, -0.05) is 24.4 Å². The predicted octanol–water partition coefficient (Wildman–Crippen LogP) is 3.65. The van der Waals surface area contributed by atoms with Crippen LogP contribution in [0, 0.1) is 10.1 Å². The molecular formula is C14H17ClN2O3. The van der Waals surface area contributed by atoms with E-state index in [-0.39, 0.29) is 23.2 Å². The molecule has 0 saturated heterocycles. The van der Waals surface area contributed by atoms with Crippen LogP contribution in [-0.4, -0.2) is 28.3 Å². The Balaban J connectivity index is 2.35. The molecule has 0 N–H and O–H groups in total. The van der Waals surface area contributed by atoms with Crippen LogP contribution in [0.15, 0.2) is 18.2 Å². The van der Waals surface area contributed by atoms with E-state index in [0.29, 0.717) is 11.6 Å². The first-order chi connectivity index (χ1) is 9.54. The molecule has 5 nitrogen and oxygen atoms in total. The second kappa shape index (κ2) is 6.22. The number of nitrogens with zero attached hydrogens (tertiary/aromatic N) is 2. The fourth-order valence-corrected chi connectivity index (χ4v) is 2.95. The maximum Gasteiger partial charge on any atom is 0.282 e. The summed E-state index contributed by atoms with van der Waals surface area (Å²) >= 11 is 5.88. The van der Waals surface area contributed by atoms with Crippen molar-refractivity contribution in [1.82, 2.24) is 4.90 Å². The number of benzene rings is 1. The fourth-order valence-electron chi connectivity index (χ4n) is 2.78. The van der Waals surface area contributed by atoms with Crippen LogP contribution in [0.4, 0.5) is 5.69 Å². The van der Waals surface area contributed by atoms with Gasteiger partial charge in [0, 0.05) is 23.7 Å². The third-order valence-electron chi connectivity index (χ3n) is 3.75. The van der Waals surface area contributed by atoms with E-state index in [1.807, 2.05) is 6.92 Å². The Hall–Kier alpha value is -1.62. The second-order valence-corrected chi connectivity index (χ2v) is 5.38. The van der Waals surface area contributed by atoms with E-state index >= 15 is 0 Å². The lowest BCUT2D eigenvalue weighted by molar-refractivity contribution is -0.385. The van der Waals surface area contributed by atoms with Gasteiger partial charge in [0.15, 0.2) is 0 Å². The quantitative estimate of drug-likeness (QED) is 0.629. The molecule has 0 heterocycles. The molecule has 6 heteroatoms. The number of carbonyl (C=O) groups excluding carboxylic acids is 1. The van der Waals surface area contributed by atoms with Crippen molar-refractivity contribution in [2.45, 2.75) is 38.6 Å². The van der Waals surface area contributed by atoms with Gasteiger partial charge in [0.1, 0.15) is 5.56 Å². The largest absolute Gasteiger partial charge is 0.336 e. The second-order valence-electron chi connectivity index (χ2n) is 4.95. The standard InChI is InChI=1S/C14H17ClN2O3/c1-2-16(11-5-3-4-6-11)14(18)12-9-10(15)7-8-13(12)17(19)20/h7-9,11H,2-6H2,1H3. The molecule has 0 unspecified atom stereocenters. The van der Waals surface area contributed by atoms with Crippen molar-refractivity contribution in [2.75, 3.05) is 6.54 Å². The number of hydrogen-bond donors (Lipinski definition) is 0. The molecule has 0 bridgehead atoms. The highest BCUT2D eigenvalue weighted by Crippen LogP contribution is 2.28. The van der Waals surface area contributed by atoms with Crippen molar-refractivity contribution in [1.29, 1.82) is 0 Å². The average molecular weight is 297 g/mol. The highest BCUT2D eigenvalue weighted by Gasteiger charge is 2.30. The van der Waals surface area contributed by atoms with Gasteiger partial charge in [0.2, 0.25) is 0 Å². The Labute approximate surface area is 122 Å². The number of rotatable bonds is 4. The molecule has 2 rings (SSSR count). The molecule has 0 atom stereocenters. The number of amides is 1. The number of nitro groups is 1. The van der Waals surface area contributed by atoms with Crippen molar-refractivity contribution in [2.24, 2.45) is 0 Å². The SMILES string of the molecule is CCN(C(=O)c1cc(Cl)ccc1[N+](=O)[O-])C1CCCC1. The topological polar surface area (TPSA) is 63.5 Å². The minimum atomic E-state index is -0.536. The smallest absolute Gasteiger partial charge is 0.282 e. The summed E-state index contributed by atoms with van der Waals surface area (Å²) in [6, 6.07) is 4.30. The average Bonchev–Trinajstić information content (AvgIpc) is 2.93. The summed E-state index contributed by atoms with van der Waals surface area (Å²) in [5.74, 6) is -0.298. The molecule has 0 radical (unpaired) electrons. The third kappa shape index (κ3) is 2.93. The highest BCUT2D eigenvalue weighted by molar-refractivity contribution is 6.31. The van der Waals surface area contributed by atoms with E-state index in [9.17, 15) is 14.9 Å². The summed E-state index contributed by atoms with van der Waals surface area (Å²) in [4.78, 5) is 24.9. The summed E-state index contributed by atoms with van der Waals surface area (Å²) < 4.78 is 0. The van der Waals surface area contributed by atoms with Gasteiger partial charge in [-0.25, -0.2) is 0 Å². The number of halogens is 1. The summed E-state index contributed by atoms with van der Waals surface area (Å²) in [5, 5.41) is 11.4. The first-order valence-electron chi connectivity index (χ1n) is 6.79. The molecule has 1 aromatic carbocycles. The van der Waals surface area contributed by atoms with E-state index in [0.717, 1.165) is 25.7 Å². The van der Waals surface area contributed by atoms with Crippen LogP contribution in [0.25, 0.3) is 0 Å². The minimum Gasteiger partial charge on any atom is -0.336 e. The van der Waals surface area contributed by atoms with Gasteiger partial charge in [0.05, 0.1) is 4.92 Å². The van der Waals surface area contributed by atoms with Gasteiger partial charge in [-0.15, -0.1) is 0 Å². The molecular weight excluding hydrogens is 280 g/mol. The Morgan fingerprint density at radius 3 is 2.65 bits per heavy atom. The lowest BCUT2D eigenvalue weighted by atomic mass is 10.1. The summed E-state index contributed by atoms with van der Waals surface area (Å²) in [7, 11) is 0. The van der Waals surface area contributed by atoms with Gasteiger partial charge in [0.25, 0.3) is 11.6 Å². The molecule has 1 aromatic rings. The van der Waals surface area contributed by atoms with E-state index < -0.39 is 4.92 Å². The van der Waals surface area contributed by atoms with Crippen molar-refractivity contribution in [3.8, 4) is 0 Å². The molecule has 108 valence electrons. The zero-order valence-electron chi connectivity index (χ0n) is 11.3. The van der Waals surface area contributed by atoms with Crippen LogP contribution in [0.1, 0.15) is 43.0 Å². The molecule has 1 aliphatic rings. The normalized spacial score (nSPS) is 15.3. The first-order valence-corrected chi connectivity index (χ1v) is 7.17. The first kappa shape index (κ1) is 14.8. The number of nitro benzene ring substituents is 1. The lowest BCUT2D eigenvalue weighted by Gasteiger charge is -2.27. The Bertz CT molecular complexity index is 527. The van der Waals surface area contributed by atoms with E-state index in [2.05, 4.69) is 0 Å². The molecule has 1 amide bonds. The van der Waals surface area contributed by atoms with Gasteiger partial charge >= 0.3 is 0 Å². The van der Waals surface area contributed by atoms with E-state index in [1.165, 1.54) is 18.2 Å². The van der Waals surface area contributed by atoms with Gasteiger partial charge in [-0.2, -0.15) is 0 Å². The molecule has 1 aliphatic carbocycles. The summed E-state index contributed by atoms with van der Waals surface area (Å²) in [6.07, 6.45) is 4.14. The number of carbonyl (C=O) groups is 1. The van der Waals surface area contributed by atoms with Gasteiger partial charge in [-0.05, 0) is 31.9 Å². The van der Waals surface area contributed by atoms with Crippen molar-refractivity contribution >= 4 is 23.2 Å². The highest BCUT2D eigenvalue weighted by atomic mass is 35.5. The van der Waals surface area contributed by atoms with Crippen LogP contribution in [0.2, 0.25) is 5.02 Å². The zero-order valence-corrected chi connectivity index (χ0v) is 12.1. The lowest BCUT2D eigenvalue weighted by Crippen LogP contribution is -2.38. The Morgan fingerprint density at radius 2 is 2.10 bits per heavy atom. The van der Waals surface area contributed by atoms with Crippen molar-refractivity contribution < 1.29 is 9.72 Å². The fraction of sp³-hybridized carbons (Fsp3) is 0.500. The zero-order chi connectivity index (χ0) is 14.7. The van der Waals surface area contributed by atoms with Crippen LogP contribution < -0.4 is 0 Å². The van der Waals surface area contributed by atoms with Crippen LogP contribution in [0.5, 0.6) is 0 Å². The van der Waals surface area contributed by atoms with Gasteiger partial charge in [-0.3, -0.25) is 14.9 Å². The third-order valence-corrected chi connectivity index (χ3v) is 3.99. The molecule has 1 saturated carbocycles. The van der Waals surface area contributed by atoms with Gasteiger partial charge < -0.3 is 4.90 Å². The maximum atomic E-state index is 12.6. The molecule has 1 fully saturated rings. The van der Waals surface area contributed by atoms with Crippen LogP contribution >= 0.6 is 11.6 Å². The van der Waals surface area contributed by atoms with E-state index in [1.54, 1.807) is 4.90 Å². The number of hydrogen-bond acceptors (Lipinski definition) is 3. The maximum absolute atomic E-state index is 12.6. The molecule has 0 aliphatic heterocycles. The predicted molar refractivity (Wildman–Crippen MR) is 77.1 cm³/mol. The molecule has 0 spiro atoms. The van der Waals surface area contributed by atoms with E-state index in [4.69, 9.17) is 11.6 Å². The molecule has 0 aromatic heterocycles. The van der Waals surface area contributed by atoms with Crippen molar-refractivity contribution in [3.05, 3.63) is 38.9 Å².